The summed E-state index contributed by atoms with van der Waals surface area (Å²) in [7, 11) is 0. The zero-order valence-corrected chi connectivity index (χ0v) is 17.1. The van der Waals surface area contributed by atoms with E-state index in [1.54, 1.807) is 36.4 Å². The third-order valence-corrected chi connectivity index (χ3v) is 6.19. The van der Waals surface area contributed by atoms with Gasteiger partial charge in [0.25, 0.3) is 5.91 Å². The van der Waals surface area contributed by atoms with Crippen molar-refractivity contribution < 1.29 is 9.59 Å². The number of anilines is 3. The number of amides is 2. The Labute approximate surface area is 174 Å². The largest absolute Gasteiger partial charge is 0.357 e. The summed E-state index contributed by atoms with van der Waals surface area (Å²) in [5.41, 5.74) is 1.32. The topological polar surface area (TPSA) is 96.0 Å². The molecule has 0 saturated heterocycles. The highest BCUT2D eigenvalue weighted by Crippen LogP contribution is 2.25. The fourth-order valence-electron chi connectivity index (χ4n) is 2.06. The first-order valence-corrected chi connectivity index (χ1v) is 10.9. The molecule has 0 aliphatic carbocycles. The van der Waals surface area contributed by atoms with Gasteiger partial charge in [-0.15, -0.1) is 28.1 Å². The third kappa shape index (κ3) is 5.91. The lowest BCUT2D eigenvalue weighted by molar-refractivity contribution is -0.113. The van der Waals surface area contributed by atoms with Crippen LogP contribution in [0.4, 0.5) is 16.5 Å². The molecule has 144 valence electrons. The maximum absolute atomic E-state index is 12.1. The first-order chi connectivity index (χ1) is 13.6. The highest BCUT2D eigenvalue weighted by atomic mass is 32.2. The summed E-state index contributed by atoms with van der Waals surface area (Å²) < 4.78 is 0.716. The zero-order chi connectivity index (χ0) is 19.8. The van der Waals surface area contributed by atoms with E-state index in [1.807, 2.05) is 11.4 Å². The van der Waals surface area contributed by atoms with Crippen molar-refractivity contribution >= 4 is 62.8 Å². The SMILES string of the molecule is C=CCNc1nnc(SCC(=O)Nc2ccc(NC(=O)c3cccs3)cc2)s1. The molecule has 0 saturated carbocycles. The molecular weight excluding hydrogens is 414 g/mol. The summed E-state index contributed by atoms with van der Waals surface area (Å²) in [6.45, 7) is 4.24. The quantitative estimate of drug-likeness (QED) is 0.347. The monoisotopic (exact) mass is 431 g/mol. The van der Waals surface area contributed by atoms with Crippen LogP contribution in [-0.2, 0) is 4.79 Å². The van der Waals surface area contributed by atoms with Crippen LogP contribution in [0.3, 0.4) is 0 Å². The van der Waals surface area contributed by atoms with Crippen LogP contribution in [0.2, 0.25) is 0 Å². The fourth-order valence-corrected chi connectivity index (χ4v) is 4.24. The third-order valence-electron chi connectivity index (χ3n) is 3.30. The van der Waals surface area contributed by atoms with Gasteiger partial charge >= 0.3 is 0 Å². The Bertz CT molecular complexity index is 939. The molecule has 0 fully saturated rings. The maximum Gasteiger partial charge on any atom is 0.265 e. The van der Waals surface area contributed by atoms with Gasteiger partial charge in [-0.2, -0.15) is 0 Å². The number of rotatable bonds is 9. The van der Waals surface area contributed by atoms with Crippen LogP contribution in [0.5, 0.6) is 0 Å². The Kier molecular flexibility index (Phi) is 7.18. The number of carbonyl (C=O) groups excluding carboxylic acids is 2. The van der Waals surface area contributed by atoms with E-state index in [-0.39, 0.29) is 17.6 Å². The lowest BCUT2D eigenvalue weighted by Crippen LogP contribution is -2.14. The number of benzene rings is 1. The molecule has 0 bridgehead atoms. The molecule has 0 aliphatic heterocycles. The van der Waals surface area contributed by atoms with E-state index in [9.17, 15) is 9.59 Å². The molecule has 28 heavy (non-hydrogen) atoms. The van der Waals surface area contributed by atoms with Gasteiger partial charge in [0.05, 0.1) is 10.6 Å². The number of hydrogen-bond acceptors (Lipinski definition) is 8. The average molecular weight is 432 g/mol. The summed E-state index contributed by atoms with van der Waals surface area (Å²) in [6, 6.07) is 10.6. The molecule has 0 atom stereocenters. The van der Waals surface area contributed by atoms with E-state index >= 15 is 0 Å². The number of aromatic nitrogens is 2. The minimum atomic E-state index is -0.151. The standard InChI is InChI=1S/C18H17N5O2S3/c1-2-9-19-17-22-23-18(28-17)27-11-15(24)20-12-5-7-13(8-6-12)21-16(25)14-4-3-10-26-14/h2-8,10H,1,9,11H2,(H,19,22)(H,20,24)(H,21,25). The van der Waals surface area contributed by atoms with E-state index in [4.69, 9.17) is 0 Å². The molecule has 1 aromatic carbocycles. The van der Waals surface area contributed by atoms with Gasteiger partial charge in [-0.05, 0) is 35.7 Å². The minimum absolute atomic E-state index is 0.142. The summed E-state index contributed by atoms with van der Waals surface area (Å²) in [5, 5.41) is 19.3. The normalized spacial score (nSPS) is 10.3. The van der Waals surface area contributed by atoms with Gasteiger partial charge in [-0.1, -0.05) is 35.2 Å². The van der Waals surface area contributed by atoms with Crippen molar-refractivity contribution in [1.82, 2.24) is 10.2 Å². The molecule has 2 amide bonds. The van der Waals surface area contributed by atoms with Crippen LogP contribution in [0.1, 0.15) is 9.67 Å². The van der Waals surface area contributed by atoms with Crippen molar-refractivity contribution in [2.75, 3.05) is 28.2 Å². The maximum atomic E-state index is 12.1. The van der Waals surface area contributed by atoms with Crippen LogP contribution in [-0.4, -0.2) is 34.3 Å². The van der Waals surface area contributed by atoms with Crippen molar-refractivity contribution in [3.8, 4) is 0 Å². The van der Waals surface area contributed by atoms with Crippen LogP contribution in [0.25, 0.3) is 0 Å². The molecule has 2 aromatic heterocycles. The molecule has 0 radical (unpaired) electrons. The number of thiophene rings is 1. The first-order valence-electron chi connectivity index (χ1n) is 8.20. The number of thioether (sulfide) groups is 1. The van der Waals surface area contributed by atoms with Gasteiger partial charge in [-0.3, -0.25) is 9.59 Å². The molecule has 3 N–H and O–H groups in total. The molecule has 3 aromatic rings. The predicted molar refractivity (Wildman–Crippen MR) is 117 cm³/mol. The van der Waals surface area contributed by atoms with Gasteiger partial charge in [0.2, 0.25) is 11.0 Å². The molecule has 0 spiro atoms. The highest BCUT2D eigenvalue weighted by Gasteiger charge is 2.09. The highest BCUT2D eigenvalue weighted by molar-refractivity contribution is 8.01. The van der Waals surface area contributed by atoms with Gasteiger partial charge in [0, 0.05) is 17.9 Å². The van der Waals surface area contributed by atoms with Gasteiger partial charge in [0.1, 0.15) is 0 Å². The lowest BCUT2D eigenvalue weighted by atomic mass is 10.2. The smallest absolute Gasteiger partial charge is 0.265 e. The van der Waals surface area contributed by atoms with E-state index in [2.05, 4.69) is 32.7 Å². The molecular formula is C18H17N5O2S3. The number of nitrogens with one attached hydrogen (secondary N) is 3. The van der Waals surface area contributed by atoms with Gasteiger partial charge in [0.15, 0.2) is 4.34 Å². The van der Waals surface area contributed by atoms with Crippen molar-refractivity contribution in [1.29, 1.82) is 0 Å². The number of hydrogen-bond donors (Lipinski definition) is 3. The van der Waals surface area contributed by atoms with Crippen LogP contribution < -0.4 is 16.0 Å². The Morgan fingerprint density at radius 1 is 1.11 bits per heavy atom. The van der Waals surface area contributed by atoms with Gasteiger partial charge < -0.3 is 16.0 Å². The first kappa shape index (κ1) is 20.1. The second-order valence-corrected chi connectivity index (χ2v) is 8.54. The second-order valence-electron chi connectivity index (χ2n) is 5.39. The van der Waals surface area contributed by atoms with E-state index < -0.39 is 0 Å². The Morgan fingerprint density at radius 2 is 1.86 bits per heavy atom. The average Bonchev–Trinajstić information content (AvgIpc) is 3.38. The fraction of sp³-hybridized carbons (Fsp3) is 0.111. The second kappa shape index (κ2) is 10.0. The molecule has 0 unspecified atom stereocenters. The molecule has 3 rings (SSSR count). The summed E-state index contributed by atoms with van der Waals surface area (Å²) in [5.74, 6) is -0.0641. The summed E-state index contributed by atoms with van der Waals surface area (Å²) >= 11 is 4.10. The molecule has 10 heteroatoms. The molecule has 7 nitrogen and oxygen atoms in total. The Balaban J connectivity index is 1.45. The van der Waals surface area contributed by atoms with Crippen molar-refractivity contribution in [2.45, 2.75) is 4.34 Å². The summed E-state index contributed by atoms with van der Waals surface area (Å²) in [4.78, 5) is 24.8. The van der Waals surface area contributed by atoms with Gasteiger partial charge in [-0.25, -0.2) is 0 Å². The summed E-state index contributed by atoms with van der Waals surface area (Å²) in [6.07, 6.45) is 1.74. The van der Waals surface area contributed by atoms with Crippen molar-refractivity contribution in [3.63, 3.8) is 0 Å². The van der Waals surface area contributed by atoms with Crippen LogP contribution in [0, 0.1) is 0 Å². The lowest BCUT2D eigenvalue weighted by Gasteiger charge is -2.07. The Morgan fingerprint density at radius 3 is 2.54 bits per heavy atom. The Hall–Kier alpha value is -2.69. The van der Waals surface area contributed by atoms with E-state index in [0.717, 1.165) is 0 Å². The molecule has 2 heterocycles. The zero-order valence-electron chi connectivity index (χ0n) is 14.7. The minimum Gasteiger partial charge on any atom is -0.357 e. The molecule has 0 aliphatic rings. The number of carbonyl (C=O) groups is 2. The van der Waals surface area contributed by atoms with Crippen molar-refractivity contribution in [2.24, 2.45) is 0 Å². The van der Waals surface area contributed by atoms with Crippen LogP contribution >= 0.6 is 34.4 Å². The van der Waals surface area contributed by atoms with Crippen molar-refractivity contribution in [3.05, 3.63) is 59.3 Å². The number of nitrogens with zero attached hydrogens (tertiary/aromatic N) is 2. The predicted octanol–water partition coefficient (Wildman–Crippen LogP) is 4.18. The van der Waals surface area contributed by atoms with Crippen LogP contribution in [0.15, 0.2) is 58.8 Å². The van der Waals surface area contributed by atoms with E-state index in [1.165, 1.54) is 34.4 Å². The van der Waals surface area contributed by atoms with E-state index in [0.29, 0.717) is 32.3 Å².